The van der Waals surface area contributed by atoms with E-state index in [0.717, 1.165) is 29.3 Å². The van der Waals surface area contributed by atoms with Crippen molar-refractivity contribution in [2.45, 2.75) is 50.0 Å². The molecule has 0 bridgehead atoms. The zero-order valence-corrected chi connectivity index (χ0v) is 26.9. The third kappa shape index (κ3) is 8.17. The highest BCUT2D eigenvalue weighted by atomic mass is 35.5. The molecule has 4 aromatic rings. The first-order valence-corrected chi connectivity index (χ1v) is 15.9. The number of likely N-dealkylation sites (tertiary alicyclic amines) is 1. The van der Waals surface area contributed by atoms with E-state index in [-0.39, 0.29) is 6.42 Å². The van der Waals surface area contributed by atoms with Crippen LogP contribution in [0, 0.1) is 0 Å². The molecule has 2 aromatic heterocycles. The molecule has 11 heteroatoms. The van der Waals surface area contributed by atoms with E-state index in [2.05, 4.69) is 51.2 Å². The minimum absolute atomic E-state index is 0.172. The molecule has 2 aliphatic rings. The van der Waals surface area contributed by atoms with Gasteiger partial charge in [0.25, 0.3) is 0 Å². The number of pyridine rings is 1. The quantitative estimate of drug-likeness (QED) is 0.214. The van der Waals surface area contributed by atoms with Gasteiger partial charge in [0.05, 0.1) is 5.69 Å². The molecule has 0 unspecified atom stereocenters. The van der Waals surface area contributed by atoms with Gasteiger partial charge >= 0.3 is 0 Å². The zero-order chi connectivity index (χ0) is 32.0. The molecular weight excluding hydrogens is 596 g/mol. The number of rotatable bonds is 8. The van der Waals surface area contributed by atoms with Crippen LogP contribution in [0.3, 0.4) is 0 Å². The van der Waals surface area contributed by atoms with E-state index in [9.17, 15) is 13.6 Å². The van der Waals surface area contributed by atoms with Crippen LogP contribution in [0.1, 0.15) is 48.0 Å². The van der Waals surface area contributed by atoms with Gasteiger partial charge in [-0.3, -0.25) is 4.79 Å². The molecule has 0 radical (unpaired) electrons. The molecule has 2 aromatic carbocycles. The molecule has 2 saturated heterocycles. The molecule has 2 aliphatic heterocycles. The summed E-state index contributed by atoms with van der Waals surface area (Å²) in [7, 11) is 6.55. The van der Waals surface area contributed by atoms with E-state index in [4.69, 9.17) is 11.6 Å². The number of aromatic nitrogens is 3. The fraction of sp³-hybridized carbons (Fsp3) is 0.441. The largest absolute Gasteiger partial charge is 0.368 e. The molecule has 0 amide bonds. The average molecular weight is 638 g/mol. The van der Waals surface area contributed by atoms with Crippen molar-refractivity contribution in [2.24, 2.45) is 0 Å². The molecule has 0 aliphatic carbocycles. The van der Waals surface area contributed by atoms with Crippen LogP contribution in [0.2, 0.25) is 5.02 Å². The molecule has 1 N–H and O–H groups in total. The summed E-state index contributed by atoms with van der Waals surface area (Å²) in [6, 6.07) is 19.0. The van der Waals surface area contributed by atoms with E-state index in [1.807, 2.05) is 30.5 Å². The first kappa shape index (κ1) is 32.8. The summed E-state index contributed by atoms with van der Waals surface area (Å²) in [5.41, 5.74) is 3.28. The lowest BCUT2D eigenvalue weighted by molar-refractivity contribution is 0.0925. The topological polar surface area (TPSA) is 69.0 Å². The number of alkyl halides is 2. The minimum Gasteiger partial charge on any atom is -0.368 e. The minimum atomic E-state index is -2.38. The van der Waals surface area contributed by atoms with Crippen molar-refractivity contribution in [2.75, 3.05) is 57.5 Å². The Kier molecular flexibility index (Phi) is 10.7. The van der Waals surface area contributed by atoms with Crippen LogP contribution in [0.15, 0.2) is 66.9 Å². The Morgan fingerprint density at radius 2 is 1.69 bits per heavy atom. The molecule has 4 heterocycles. The van der Waals surface area contributed by atoms with E-state index >= 15 is 0 Å². The molecule has 2 fully saturated rings. The Hall–Kier alpha value is -3.60. The predicted molar refractivity (Wildman–Crippen MR) is 178 cm³/mol. The molecule has 0 saturated carbocycles. The Morgan fingerprint density at radius 3 is 2.29 bits per heavy atom. The molecule has 6 rings (SSSR count). The number of fused-ring (bicyclic) bond motifs is 1. The van der Waals surface area contributed by atoms with Gasteiger partial charge in [0.1, 0.15) is 6.29 Å². The van der Waals surface area contributed by atoms with Crippen LogP contribution in [-0.2, 0) is 5.41 Å². The number of piperidine rings is 2. The van der Waals surface area contributed by atoms with E-state index in [1.165, 1.54) is 25.9 Å². The van der Waals surface area contributed by atoms with Gasteiger partial charge in [-0.25, -0.2) is 13.3 Å². The van der Waals surface area contributed by atoms with E-state index < -0.39 is 11.8 Å². The van der Waals surface area contributed by atoms with Gasteiger partial charge in [-0.1, -0.05) is 23.7 Å². The molecule has 45 heavy (non-hydrogen) atoms. The monoisotopic (exact) mass is 637 g/mol. The van der Waals surface area contributed by atoms with Crippen molar-refractivity contribution < 1.29 is 13.6 Å². The molecule has 8 nitrogen and oxygen atoms in total. The molecule has 240 valence electrons. The molecular formula is C34H42ClF2N7O. The number of halogens is 3. The van der Waals surface area contributed by atoms with Gasteiger partial charge in [0.2, 0.25) is 12.4 Å². The second kappa shape index (κ2) is 14.7. The molecule has 0 atom stereocenters. The Bertz CT molecular complexity index is 1530. The van der Waals surface area contributed by atoms with Crippen LogP contribution >= 0.6 is 11.6 Å². The number of carbonyl (C=O) groups is 1. The number of aldehydes is 1. The fourth-order valence-electron chi connectivity index (χ4n) is 6.36. The van der Waals surface area contributed by atoms with Crippen molar-refractivity contribution in [1.82, 2.24) is 24.4 Å². The summed E-state index contributed by atoms with van der Waals surface area (Å²) >= 11 is 6.04. The maximum absolute atomic E-state index is 13.6. The van der Waals surface area contributed by atoms with Crippen LogP contribution in [0.4, 0.5) is 26.1 Å². The van der Waals surface area contributed by atoms with E-state index in [1.54, 1.807) is 40.9 Å². The Morgan fingerprint density at radius 1 is 1.02 bits per heavy atom. The number of anilines is 3. The number of hydrogen-bond donors (Lipinski definition) is 1. The highest BCUT2D eigenvalue weighted by Crippen LogP contribution is 2.42. The van der Waals surface area contributed by atoms with Crippen molar-refractivity contribution in [3.63, 3.8) is 0 Å². The van der Waals surface area contributed by atoms with Crippen LogP contribution in [0.5, 0.6) is 0 Å². The lowest BCUT2D eigenvalue weighted by Crippen LogP contribution is -2.44. The predicted octanol–water partition coefficient (Wildman–Crippen LogP) is 6.77. The second-order valence-electron chi connectivity index (χ2n) is 12.3. The Balaban J connectivity index is 0.000000342. The number of hydrogen-bond acceptors (Lipinski definition) is 7. The molecule has 0 spiro atoms. The van der Waals surface area contributed by atoms with Crippen molar-refractivity contribution >= 4 is 40.9 Å². The third-order valence-electron chi connectivity index (χ3n) is 9.13. The van der Waals surface area contributed by atoms with Gasteiger partial charge in [0, 0.05) is 53.4 Å². The third-order valence-corrected chi connectivity index (χ3v) is 9.38. The van der Waals surface area contributed by atoms with E-state index in [0.29, 0.717) is 48.1 Å². The number of carbonyl (C=O) groups excluding carboxylic acids is 1. The van der Waals surface area contributed by atoms with Crippen molar-refractivity contribution in [3.8, 4) is 0 Å². The summed E-state index contributed by atoms with van der Waals surface area (Å²) in [6.07, 6.45) is 3.93. The number of nitrogens with zero attached hydrogens (tertiary/aromatic N) is 6. The second-order valence-corrected chi connectivity index (χ2v) is 12.8. The summed E-state index contributed by atoms with van der Waals surface area (Å²) < 4.78 is 28.9. The van der Waals surface area contributed by atoms with Crippen molar-refractivity contribution in [1.29, 1.82) is 0 Å². The Labute approximate surface area is 269 Å². The van der Waals surface area contributed by atoms with Crippen molar-refractivity contribution in [3.05, 3.63) is 83.0 Å². The lowest BCUT2D eigenvalue weighted by atomic mass is 9.70. The summed E-state index contributed by atoms with van der Waals surface area (Å²) in [5.74, 6) is 0.432. The van der Waals surface area contributed by atoms with Gasteiger partial charge in [-0.05, 0) is 114 Å². The lowest BCUT2D eigenvalue weighted by Gasteiger charge is -2.43. The average Bonchev–Trinajstić information content (AvgIpc) is 3.45. The SMILES string of the molecule is CN1CCC(N(C)C)CC1.O=Cc1ccc(Nc2nc3c(N4CCC(CC(F)F)(c5ccc(Cl)cc5)CC4)cccn3n2)cc1. The summed E-state index contributed by atoms with van der Waals surface area (Å²) in [6.45, 7) is 3.78. The van der Waals surface area contributed by atoms with Gasteiger partial charge in [0.15, 0.2) is 5.65 Å². The fourth-order valence-corrected chi connectivity index (χ4v) is 6.49. The first-order valence-electron chi connectivity index (χ1n) is 15.5. The number of benzene rings is 2. The van der Waals surface area contributed by atoms with Gasteiger partial charge in [-0.2, -0.15) is 4.98 Å². The normalized spacial score (nSPS) is 17.4. The highest BCUT2D eigenvalue weighted by Gasteiger charge is 2.39. The summed E-state index contributed by atoms with van der Waals surface area (Å²) in [5, 5.41) is 8.28. The van der Waals surface area contributed by atoms with Crippen LogP contribution in [0.25, 0.3) is 5.65 Å². The smallest absolute Gasteiger partial charge is 0.247 e. The highest BCUT2D eigenvalue weighted by molar-refractivity contribution is 6.30. The maximum atomic E-state index is 13.6. The van der Waals surface area contributed by atoms with Gasteiger partial charge in [-0.15, -0.1) is 5.10 Å². The first-order chi connectivity index (χ1) is 21.7. The summed E-state index contributed by atoms with van der Waals surface area (Å²) in [4.78, 5) is 22.5. The van der Waals surface area contributed by atoms with Crippen LogP contribution < -0.4 is 10.2 Å². The van der Waals surface area contributed by atoms with Crippen LogP contribution in [-0.4, -0.2) is 90.5 Å². The zero-order valence-electron chi connectivity index (χ0n) is 26.2. The standard InChI is InChI=1S/C26H24ClF2N5O.C8H18N2/c27-20-7-5-19(6-8-20)26(16-23(28)29)11-14-33(15-12-26)22-2-1-13-34-24(22)31-25(32-34)30-21-9-3-18(17-35)4-10-21;1-9(2)8-4-6-10(3)7-5-8/h1-10,13,17,23H,11-12,14-16H2,(H,30,32);8H,4-7H2,1-3H3. The van der Waals surface area contributed by atoms with Gasteiger partial charge < -0.3 is 20.0 Å². The maximum Gasteiger partial charge on any atom is 0.247 e. The number of nitrogens with one attached hydrogen (secondary N) is 1.